The highest BCUT2D eigenvalue weighted by Gasteiger charge is 2.23. The number of hydrogen-bond donors (Lipinski definition) is 0. The first-order valence-electron chi connectivity index (χ1n) is 41.1. The molecule has 0 saturated carbocycles. The summed E-state index contributed by atoms with van der Waals surface area (Å²) in [5, 5.41) is 0. The summed E-state index contributed by atoms with van der Waals surface area (Å²) in [6.45, 7) is 0. The van der Waals surface area contributed by atoms with Crippen LogP contribution in [-0.4, -0.2) is 56.9 Å². The van der Waals surface area contributed by atoms with Gasteiger partial charge in [0.1, 0.15) is 46.0 Å². The minimum Gasteiger partial charge on any atom is -0.496 e. The zero-order valence-corrected chi connectivity index (χ0v) is 69.1. The van der Waals surface area contributed by atoms with Gasteiger partial charge in [0.2, 0.25) is 0 Å². The average Bonchev–Trinajstić information content (AvgIpc) is 0.807. The molecule has 0 unspecified atom stereocenters. The van der Waals surface area contributed by atoms with Crippen LogP contribution in [0.15, 0.2) is 194 Å². The average molecular weight is 1560 g/mol. The zero-order chi connectivity index (χ0) is 82.0. The van der Waals surface area contributed by atoms with Crippen molar-refractivity contribution in [2.24, 2.45) is 0 Å². The number of benzene rings is 12. The molecule has 32 bridgehead atoms. The van der Waals surface area contributed by atoms with E-state index in [2.05, 4.69) is 289 Å². The highest BCUT2D eigenvalue weighted by molar-refractivity contribution is 5.64. The van der Waals surface area contributed by atoms with Crippen molar-refractivity contribution in [3.05, 3.63) is 372 Å². The van der Waals surface area contributed by atoms with Crippen molar-refractivity contribution in [3.8, 4) is 141 Å². The van der Waals surface area contributed by atoms with Crippen molar-refractivity contribution >= 4 is 0 Å². The molecule has 32 aliphatic carbocycles. The van der Waals surface area contributed by atoms with E-state index in [0.717, 1.165) is 224 Å². The zero-order valence-electron chi connectivity index (χ0n) is 69.1. The molecule has 0 spiro atoms. The van der Waals surface area contributed by atoms with Gasteiger partial charge >= 0.3 is 0 Å². The van der Waals surface area contributed by atoms with Crippen LogP contribution in [-0.2, 0) is 103 Å². The van der Waals surface area contributed by atoms with Crippen LogP contribution in [0.4, 0.5) is 0 Å². The summed E-state index contributed by atoms with van der Waals surface area (Å²) in [7, 11) is 14.0. The Hall–Kier alpha value is -14.5. The fourth-order valence-electron chi connectivity index (χ4n) is 16.8. The monoisotopic (exact) mass is 1560 g/mol. The van der Waals surface area contributed by atoms with Gasteiger partial charge in [-0.15, -0.1) is 0 Å². The Bertz CT molecular complexity index is 5440. The van der Waals surface area contributed by atoms with Crippen LogP contribution in [0.2, 0.25) is 0 Å². The fraction of sp³-hybridized carbons (Fsp3) is 0.214. The van der Waals surface area contributed by atoms with Crippen molar-refractivity contribution in [1.29, 1.82) is 0 Å². The van der Waals surface area contributed by atoms with E-state index in [1.54, 1.807) is 56.9 Å². The number of aryl methyl sites for hydroxylation is 16. The topological polar surface area (TPSA) is 73.8 Å². The molecule has 8 nitrogen and oxygen atoms in total. The molecular formula is C112H88O8. The molecule has 12 aromatic carbocycles. The first kappa shape index (κ1) is 78.1. The standard InChI is InChI=1S/C112H88O8/c1-113-105-65-89-42-50-98-58-82-34-26-74-13-15-76(16-14-74)28-36-84-60-101-54-46-94-70-110(118-6)102(53-45-92(84)68-108(101)116-4)62-86(94)38-30-78-21-23-80(24-22-78)32-40-88-64-104-55-47-95-71-111(119-7)103(56-48-96(88)72-112(104)120-8)63-87(95)39-31-79-19-17-77(18-20-79)29-37-85-61-100-51-43-91-67-107(115-3)99(52-44-93(85)69-109(100)117-5)59-83(91)35-27-75-11-9-73(10-12-75)25-33-81(89)57-97(105)49-41-90(82)66-106(98)114-2/h9-24,57-72H,41-56H2,1-8H3. The van der Waals surface area contributed by atoms with Gasteiger partial charge in [-0.25, -0.2) is 0 Å². The Morgan fingerprint density at radius 3 is 0.333 bits per heavy atom. The molecule has 0 atom stereocenters. The molecule has 0 heterocycles. The van der Waals surface area contributed by atoms with E-state index in [4.69, 9.17) is 37.9 Å². The van der Waals surface area contributed by atoms with Gasteiger partial charge in [0, 0.05) is 89.0 Å². The third-order valence-corrected chi connectivity index (χ3v) is 23.6. The maximum Gasteiger partial charge on any atom is 0.122 e. The van der Waals surface area contributed by atoms with Crippen LogP contribution in [0.25, 0.3) is 0 Å². The van der Waals surface area contributed by atoms with Crippen molar-refractivity contribution in [2.75, 3.05) is 56.9 Å². The third-order valence-electron chi connectivity index (χ3n) is 23.6. The Labute approximate surface area is 706 Å². The van der Waals surface area contributed by atoms with Crippen LogP contribution in [0.3, 0.4) is 0 Å². The molecule has 0 radical (unpaired) electrons. The molecule has 120 heavy (non-hydrogen) atoms. The lowest BCUT2D eigenvalue weighted by Gasteiger charge is -2.18. The summed E-state index contributed by atoms with van der Waals surface area (Å²) in [6, 6.07) is 68.1. The van der Waals surface area contributed by atoms with Gasteiger partial charge < -0.3 is 37.9 Å². The maximum atomic E-state index is 6.10. The van der Waals surface area contributed by atoms with Gasteiger partial charge in [-0.3, -0.25) is 0 Å². The van der Waals surface area contributed by atoms with Crippen molar-refractivity contribution < 1.29 is 37.9 Å². The van der Waals surface area contributed by atoms with Crippen molar-refractivity contribution in [1.82, 2.24) is 0 Å². The normalized spacial score (nSPS) is 13.1. The second kappa shape index (κ2) is 35.5. The van der Waals surface area contributed by atoms with Crippen molar-refractivity contribution in [2.45, 2.75) is 103 Å². The summed E-state index contributed by atoms with van der Waals surface area (Å²) in [5.74, 6) is 63.7. The first-order chi connectivity index (χ1) is 58.9. The van der Waals surface area contributed by atoms with Crippen LogP contribution in [0, 0.1) is 94.7 Å². The highest BCUT2D eigenvalue weighted by Crippen LogP contribution is 2.38. The van der Waals surface area contributed by atoms with E-state index in [0.29, 0.717) is 103 Å². The summed E-state index contributed by atoms with van der Waals surface area (Å²) in [4.78, 5) is 0. The largest absolute Gasteiger partial charge is 0.496 e. The van der Waals surface area contributed by atoms with E-state index >= 15 is 0 Å². The fourth-order valence-corrected chi connectivity index (χ4v) is 16.8. The molecule has 0 aromatic heterocycles. The van der Waals surface area contributed by atoms with Gasteiger partial charge in [-0.05, 0) is 386 Å². The second-order valence-electron chi connectivity index (χ2n) is 30.9. The minimum atomic E-state index is 0.713. The third kappa shape index (κ3) is 17.5. The molecule has 584 valence electrons. The molecule has 32 aliphatic rings. The lowest BCUT2D eigenvalue weighted by atomic mass is 9.90. The van der Waals surface area contributed by atoms with Crippen LogP contribution in [0.1, 0.15) is 178 Å². The number of ether oxygens (including phenoxy) is 8. The summed E-state index contributed by atoms with van der Waals surface area (Å²) in [6.07, 6.45) is 11.4. The Balaban J connectivity index is 0.694. The lowest BCUT2D eigenvalue weighted by Crippen LogP contribution is -2.06. The molecule has 44 rings (SSSR count). The SMILES string of the molecule is COc1cc2c3cc1CCc1cc(OC)c(cc1C#Cc1ccc(cc1)C#Cc1cc4c(OC)cc1CCc1cc(c(cc1OC)CC4)C#Cc1ccc(cc1)C#Cc1cc4c(OC)cc1CCc1cc(c(cc1OC)CC4)C#Cc1ccc(cc1)C#Cc1cc4c(OC)cc1CCc1cc(c(cc1OC)CC4)C#Cc1ccc(cc1)C#C3)CC2. The quantitative estimate of drug-likeness (QED) is 0.139. The molecule has 0 fully saturated rings. The molecule has 12 aromatic rings. The number of hydrogen-bond acceptors (Lipinski definition) is 8. The Morgan fingerprint density at radius 1 is 0.133 bits per heavy atom. The smallest absolute Gasteiger partial charge is 0.122 e. The number of methoxy groups -OCH3 is 8. The molecule has 8 heteroatoms. The van der Waals surface area contributed by atoms with E-state index < -0.39 is 0 Å². The van der Waals surface area contributed by atoms with Gasteiger partial charge in [0.25, 0.3) is 0 Å². The van der Waals surface area contributed by atoms with Crippen LogP contribution >= 0.6 is 0 Å². The summed E-state index contributed by atoms with van der Waals surface area (Å²) >= 11 is 0. The van der Waals surface area contributed by atoms with E-state index in [1.165, 1.54) is 0 Å². The Kier molecular flexibility index (Phi) is 23.1. The molecule has 0 saturated heterocycles. The van der Waals surface area contributed by atoms with E-state index in [9.17, 15) is 0 Å². The molecule has 0 aliphatic heterocycles. The molecule has 0 amide bonds. The van der Waals surface area contributed by atoms with Crippen molar-refractivity contribution in [3.63, 3.8) is 0 Å². The van der Waals surface area contributed by atoms with Crippen LogP contribution < -0.4 is 37.9 Å². The van der Waals surface area contributed by atoms with Gasteiger partial charge in [0.15, 0.2) is 0 Å². The predicted molar refractivity (Wildman–Crippen MR) is 477 cm³/mol. The lowest BCUT2D eigenvalue weighted by molar-refractivity contribution is 0.406. The maximum absolute atomic E-state index is 6.10. The van der Waals surface area contributed by atoms with Crippen LogP contribution in [0.5, 0.6) is 46.0 Å². The highest BCUT2D eigenvalue weighted by atomic mass is 16.5. The van der Waals surface area contributed by atoms with Gasteiger partial charge in [0.05, 0.1) is 56.9 Å². The van der Waals surface area contributed by atoms with E-state index in [1.807, 2.05) is 0 Å². The molecular weight excluding hydrogens is 1470 g/mol. The summed E-state index contributed by atoms with van der Waals surface area (Å²) < 4.78 is 48.8. The predicted octanol–water partition coefficient (Wildman–Crippen LogP) is 18.8. The van der Waals surface area contributed by atoms with E-state index in [-0.39, 0.29) is 0 Å². The number of rotatable bonds is 8. The minimum absolute atomic E-state index is 0.713. The summed E-state index contributed by atoms with van der Waals surface area (Å²) in [5.41, 5.74) is 32.6. The molecule has 0 N–H and O–H groups in total. The second-order valence-corrected chi connectivity index (χ2v) is 30.9. The Morgan fingerprint density at radius 2 is 0.233 bits per heavy atom. The van der Waals surface area contributed by atoms with Gasteiger partial charge in [-0.1, -0.05) is 94.7 Å². The first-order valence-corrected chi connectivity index (χ1v) is 41.1. The van der Waals surface area contributed by atoms with Gasteiger partial charge in [-0.2, -0.15) is 0 Å².